The summed E-state index contributed by atoms with van der Waals surface area (Å²) in [5, 5.41) is 0. The molecule has 1 radical (unpaired) electrons. The molecule has 0 aliphatic heterocycles. The summed E-state index contributed by atoms with van der Waals surface area (Å²) in [6, 6.07) is 23.4. The second-order valence-corrected chi connectivity index (χ2v) is 12.5. The van der Waals surface area contributed by atoms with Crippen molar-refractivity contribution in [1.82, 2.24) is 24.1 Å². The van der Waals surface area contributed by atoms with Crippen LogP contribution in [-0.4, -0.2) is 24.1 Å². The molecule has 0 N–H and O–H groups in total. The van der Waals surface area contributed by atoms with Crippen molar-refractivity contribution in [3.05, 3.63) is 66.7 Å². The van der Waals surface area contributed by atoms with Gasteiger partial charge in [-0.05, 0) is 49.2 Å². The summed E-state index contributed by atoms with van der Waals surface area (Å²) in [5.41, 5.74) is 6.31. The van der Waals surface area contributed by atoms with Gasteiger partial charge in [0.1, 0.15) is 11.4 Å². The Kier molecular flexibility index (Phi) is 22.1. The number of hydrogen-bond acceptors (Lipinski definition) is 3. The number of nitrogens with zero attached hydrogens (tertiary/aromatic N) is 5. The van der Waals surface area contributed by atoms with Gasteiger partial charge in [0.2, 0.25) is 0 Å². The number of pyridine rings is 1. The summed E-state index contributed by atoms with van der Waals surface area (Å²) >= 11 is 0. The fourth-order valence-corrected chi connectivity index (χ4v) is 6.49. The molecule has 0 spiro atoms. The average molecular weight is 754 g/mol. The quantitative estimate of drug-likeness (QED) is 0.0908. The van der Waals surface area contributed by atoms with Crippen molar-refractivity contribution in [2.45, 2.75) is 130 Å². The van der Waals surface area contributed by atoms with Crippen LogP contribution in [0.4, 0.5) is 0 Å². The third-order valence-electron chi connectivity index (χ3n) is 8.99. The molecule has 0 aliphatic rings. The average Bonchev–Trinajstić information content (AvgIpc) is 3.62. The van der Waals surface area contributed by atoms with Crippen LogP contribution < -0.4 is 37.2 Å². The number of benzene rings is 2. The SMILES string of the molecule is CCCCCCCCCCn1c(-c2cccc(-c3nc4ccccc4n3CCCCCCCCCC)n2)nc2ccccc21.[Cl-].[Cl-].[Cl-].[Fe+3]. The number of rotatable bonds is 20. The van der Waals surface area contributed by atoms with E-state index in [1.54, 1.807) is 0 Å². The van der Waals surface area contributed by atoms with E-state index in [0.29, 0.717) is 0 Å². The molecule has 0 fully saturated rings. The normalized spacial score (nSPS) is 10.7. The van der Waals surface area contributed by atoms with Gasteiger partial charge in [-0.25, -0.2) is 15.0 Å². The Hall–Kier alpha value is -2.08. The molecule has 5 rings (SSSR count). The number of aromatic nitrogens is 5. The molecule has 0 saturated heterocycles. The third-order valence-corrected chi connectivity index (χ3v) is 8.99. The van der Waals surface area contributed by atoms with E-state index in [0.717, 1.165) is 60.0 Å². The molecule has 48 heavy (non-hydrogen) atoms. The summed E-state index contributed by atoms with van der Waals surface area (Å²) in [7, 11) is 0. The molecule has 0 bridgehead atoms. The van der Waals surface area contributed by atoms with Crippen molar-refractivity contribution < 1.29 is 54.3 Å². The molecule has 3 heterocycles. The van der Waals surface area contributed by atoms with Crippen LogP contribution in [0.1, 0.15) is 117 Å². The maximum Gasteiger partial charge on any atom is 3.00 e. The predicted octanol–water partition coefficient (Wildman–Crippen LogP) is 2.41. The van der Waals surface area contributed by atoms with E-state index in [1.807, 2.05) is 0 Å². The minimum absolute atomic E-state index is 0. The van der Waals surface area contributed by atoms with Gasteiger partial charge in [-0.15, -0.1) is 0 Å². The van der Waals surface area contributed by atoms with Crippen LogP contribution in [0.5, 0.6) is 0 Å². The fraction of sp³-hybridized carbons (Fsp3) is 0.513. The molecule has 0 aliphatic carbocycles. The Bertz CT molecular complexity index is 1470. The second-order valence-electron chi connectivity index (χ2n) is 12.5. The molecule has 0 atom stereocenters. The van der Waals surface area contributed by atoms with Crippen LogP contribution >= 0.6 is 0 Å². The number of fused-ring (bicyclic) bond motifs is 2. The first-order valence-electron chi connectivity index (χ1n) is 17.7. The molecule has 2 aromatic carbocycles. The van der Waals surface area contributed by atoms with E-state index in [2.05, 4.69) is 89.7 Å². The van der Waals surface area contributed by atoms with Crippen molar-refractivity contribution in [2.75, 3.05) is 0 Å². The zero-order chi connectivity index (χ0) is 30.4. The van der Waals surface area contributed by atoms with E-state index in [1.165, 1.54) is 101 Å². The van der Waals surface area contributed by atoms with Gasteiger partial charge in [-0.2, -0.15) is 0 Å². The van der Waals surface area contributed by atoms with E-state index in [9.17, 15) is 0 Å². The smallest absolute Gasteiger partial charge is 1.00 e. The van der Waals surface area contributed by atoms with E-state index >= 15 is 0 Å². The van der Waals surface area contributed by atoms with Crippen LogP contribution in [0.15, 0.2) is 66.7 Å². The molecular formula is C39H53Cl3FeN5. The van der Waals surface area contributed by atoms with Gasteiger partial charge in [0, 0.05) is 13.1 Å². The molecule has 5 aromatic rings. The van der Waals surface area contributed by atoms with Crippen LogP contribution in [0.3, 0.4) is 0 Å². The van der Waals surface area contributed by atoms with Crippen molar-refractivity contribution in [3.8, 4) is 23.0 Å². The molecular weight excluding hydrogens is 701 g/mol. The van der Waals surface area contributed by atoms with E-state index in [-0.39, 0.29) is 54.3 Å². The molecule has 0 amide bonds. The van der Waals surface area contributed by atoms with Gasteiger partial charge >= 0.3 is 17.1 Å². The number of aryl methyl sites for hydroxylation is 2. The minimum Gasteiger partial charge on any atom is -1.00 e. The third kappa shape index (κ3) is 12.1. The summed E-state index contributed by atoms with van der Waals surface area (Å²) in [6.07, 6.45) is 21.0. The molecule has 9 heteroatoms. The molecule has 3 aromatic heterocycles. The first-order chi connectivity index (χ1) is 21.8. The first kappa shape index (κ1) is 43.9. The zero-order valence-corrected chi connectivity index (χ0v) is 32.2. The van der Waals surface area contributed by atoms with Crippen molar-refractivity contribution in [2.24, 2.45) is 0 Å². The van der Waals surface area contributed by atoms with Crippen molar-refractivity contribution in [3.63, 3.8) is 0 Å². The minimum atomic E-state index is 0. The van der Waals surface area contributed by atoms with Gasteiger partial charge in [-0.1, -0.05) is 134 Å². The Labute approximate surface area is 318 Å². The van der Waals surface area contributed by atoms with Crippen molar-refractivity contribution in [1.29, 1.82) is 0 Å². The van der Waals surface area contributed by atoms with E-state index < -0.39 is 0 Å². The standard InChI is InChI=1S/C39H53N5.3ClH.Fe/c1-3-5-7-9-11-13-15-21-30-43-36-28-19-17-24-32(36)41-38(43)34-26-23-27-35(40-34)39-42-33-25-18-20-29-37(33)44(39)31-22-16-14-12-10-8-6-4-2;;;;/h17-20,23-29H,3-16,21-22,30-31H2,1-2H3;3*1H;/q;;;;+3/p-3. The summed E-state index contributed by atoms with van der Waals surface area (Å²) in [5.74, 6) is 1.92. The first-order valence-corrected chi connectivity index (χ1v) is 17.7. The predicted molar refractivity (Wildman–Crippen MR) is 187 cm³/mol. The number of unbranched alkanes of at least 4 members (excludes halogenated alkanes) is 14. The van der Waals surface area contributed by atoms with Crippen LogP contribution in [-0.2, 0) is 30.2 Å². The number of hydrogen-bond donors (Lipinski definition) is 0. The summed E-state index contributed by atoms with van der Waals surface area (Å²) in [4.78, 5) is 15.4. The van der Waals surface area contributed by atoms with Crippen LogP contribution in [0, 0.1) is 0 Å². The Morgan fingerprint density at radius 2 is 0.771 bits per heavy atom. The molecule has 0 unspecified atom stereocenters. The maximum atomic E-state index is 5.23. The number of para-hydroxylation sites is 4. The van der Waals surface area contributed by atoms with Gasteiger partial charge in [-0.3, -0.25) is 0 Å². The Morgan fingerprint density at radius 1 is 0.417 bits per heavy atom. The summed E-state index contributed by atoms with van der Waals surface area (Å²) in [6.45, 7) is 6.50. The van der Waals surface area contributed by atoms with Crippen LogP contribution in [0.2, 0.25) is 0 Å². The monoisotopic (exact) mass is 752 g/mol. The number of imidazole rings is 2. The second kappa shape index (κ2) is 24.1. The number of halogens is 3. The van der Waals surface area contributed by atoms with Crippen molar-refractivity contribution >= 4 is 22.1 Å². The Balaban J connectivity index is 0.00000288. The largest absolute Gasteiger partial charge is 3.00 e. The van der Waals surface area contributed by atoms with Gasteiger partial charge in [0.25, 0.3) is 0 Å². The van der Waals surface area contributed by atoms with E-state index in [4.69, 9.17) is 15.0 Å². The van der Waals surface area contributed by atoms with Crippen LogP contribution in [0.25, 0.3) is 45.1 Å². The Morgan fingerprint density at radius 3 is 1.17 bits per heavy atom. The van der Waals surface area contributed by atoms with Gasteiger partial charge < -0.3 is 46.4 Å². The molecule has 0 saturated carbocycles. The van der Waals surface area contributed by atoms with Gasteiger partial charge in [0.15, 0.2) is 11.6 Å². The topological polar surface area (TPSA) is 48.5 Å². The molecule has 5 nitrogen and oxygen atoms in total. The van der Waals surface area contributed by atoms with Gasteiger partial charge in [0.05, 0.1) is 22.1 Å². The maximum absolute atomic E-state index is 5.23. The fourth-order valence-electron chi connectivity index (χ4n) is 6.49. The zero-order valence-electron chi connectivity index (χ0n) is 28.8. The summed E-state index contributed by atoms with van der Waals surface area (Å²) < 4.78 is 4.78. The molecule has 263 valence electrons.